The van der Waals surface area contributed by atoms with Crippen LogP contribution in [-0.4, -0.2) is 15.8 Å². The molecule has 0 spiro atoms. The van der Waals surface area contributed by atoms with Crippen molar-refractivity contribution in [3.05, 3.63) is 51.3 Å². The molecule has 1 aromatic carbocycles. The normalized spacial score (nSPS) is 14.8. The fourth-order valence-electron chi connectivity index (χ4n) is 2.39. The minimum absolute atomic E-state index is 0.755. The molecule has 0 amide bonds. The molecule has 2 aromatic rings. The summed E-state index contributed by atoms with van der Waals surface area (Å²) < 4.78 is 3.18. The zero-order valence-corrected chi connectivity index (χ0v) is 13.6. The van der Waals surface area contributed by atoms with Gasteiger partial charge in [-0.3, -0.25) is 4.68 Å². The molecule has 3 rings (SSSR count). The lowest BCUT2D eigenvalue weighted by Gasteiger charge is -2.08. The molecule has 1 N–H and O–H groups in total. The maximum Gasteiger partial charge on any atom is 0.0738 e. The summed E-state index contributed by atoms with van der Waals surface area (Å²) in [5.41, 5.74) is 4.89. The first-order valence-electron chi connectivity index (χ1n) is 7.14. The van der Waals surface area contributed by atoms with Crippen LogP contribution in [0.2, 0.25) is 0 Å². The topological polar surface area (TPSA) is 29.9 Å². The van der Waals surface area contributed by atoms with Gasteiger partial charge < -0.3 is 5.32 Å². The fourth-order valence-corrected chi connectivity index (χ4v) is 2.67. The van der Waals surface area contributed by atoms with Gasteiger partial charge in [0.1, 0.15) is 0 Å². The van der Waals surface area contributed by atoms with Crippen molar-refractivity contribution >= 4 is 15.9 Å². The van der Waals surface area contributed by atoms with Crippen molar-refractivity contribution in [1.82, 2.24) is 15.1 Å². The average molecular weight is 334 g/mol. The minimum atomic E-state index is 0.755. The van der Waals surface area contributed by atoms with E-state index in [4.69, 9.17) is 0 Å². The van der Waals surface area contributed by atoms with E-state index in [-0.39, 0.29) is 0 Å². The van der Waals surface area contributed by atoms with E-state index in [0.29, 0.717) is 0 Å². The quantitative estimate of drug-likeness (QED) is 0.906. The standard InChI is InChI=1S/C16H20BrN3/c1-11-16(17)12(2)20(19-11)10-14-5-3-4-13(8-14)9-18-15-6-7-15/h3-5,8,15,18H,6-7,9-10H2,1-2H3. The Morgan fingerprint density at radius 2 is 2.05 bits per heavy atom. The van der Waals surface area contributed by atoms with Crippen molar-refractivity contribution < 1.29 is 0 Å². The molecule has 1 aliphatic rings. The molecule has 106 valence electrons. The largest absolute Gasteiger partial charge is 0.310 e. The average Bonchev–Trinajstić information content (AvgIpc) is 3.23. The van der Waals surface area contributed by atoms with E-state index in [1.807, 2.05) is 6.92 Å². The summed E-state index contributed by atoms with van der Waals surface area (Å²) in [5, 5.41) is 8.13. The van der Waals surface area contributed by atoms with Crippen LogP contribution in [0.5, 0.6) is 0 Å². The number of benzene rings is 1. The highest BCUT2D eigenvalue weighted by Crippen LogP contribution is 2.21. The van der Waals surface area contributed by atoms with Gasteiger partial charge in [0.05, 0.1) is 22.4 Å². The van der Waals surface area contributed by atoms with Crippen molar-refractivity contribution in [2.75, 3.05) is 0 Å². The lowest BCUT2D eigenvalue weighted by atomic mass is 10.1. The van der Waals surface area contributed by atoms with Crippen LogP contribution in [0.3, 0.4) is 0 Å². The maximum atomic E-state index is 4.57. The minimum Gasteiger partial charge on any atom is -0.310 e. The Kier molecular flexibility index (Phi) is 3.94. The molecule has 1 heterocycles. The van der Waals surface area contributed by atoms with Crippen LogP contribution >= 0.6 is 15.9 Å². The lowest BCUT2D eigenvalue weighted by molar-refractivity contribution is 0.654. The highest BCUT2D eigenvalue weighted by Gasteiger charge is 2.19. The first kappa shape index (κ1) is 13.8. The SMILES string of the molecule is Cc1nn(Cc2cccc(CNC3CC3)c2)c(C)c1Br. The lowest BCUT2D eigenvalue weighted by Crippen LogP contribution is -2.15. The third kappa shape index (κ3) is 3.13. The predicted octanol–water partition coefficient (Wildman–Crippen LogP) is 3.56. The Morgan fingerprint density at radius 1 is 1.30 bits per heavy atom. The summed E-state index contributed by atoms with van der Waals surface area (Å²) in [6.07, 6.45) is 2.67. The van der Waals surface area contributed by atoms with Gasteiger partial charge in [-0.05, 0) is 53.7 Å². The summed E-state index contributed by atoms with van der Waals surface area (Å²) in [6, 6.07) is 9.53. The Labute approximate surface area is 128 Å². The van der Waals surface area contributed by atoms with E-state index < -0.39 is 0 Å². The van der Waals surface area contributed by atoms with E-state index in [1.54, 1.807) is 0 Å². The van der Waals surface area contributed by atoms with E-state index in [1.165, 1.54) is 29.7 Å². The second-order valence-corrected chi connectivity index (χ2v) is 6.41. The first-order valence-corrected chi connectivity index (χ1v) is 7.93. The molecular formula is C16H20BrN3. The van der Waals surface area contributed by atoms with E-state index in [9.17, 15) is 0 Å². The third-order valence-corrected chi connectivity index (χ3v) is 4.94. The van der Waals surface area contributed by atoms with Crippen LogP contribution in [0, 0.1) is 13.8 Å². The van der Waals surface area contributed by atoms with Crippen LogP contribution < -0.4 is 5.32 Å². The number of aromatic nitrogens is 2. The van der Waals surface area contributed by atoms with Gasteiger partial charge in [-0.2, -0.15) is 5.10 Å². The van der Waals surface area contributed by atoms with Gasteiger partial charge >= 0.3 is 0 Å². The van der Waals surface area contributed by atoms with Crippen LogP contribution in [0.4, 0.5) is 0 Å². The van der Waals surface area contributed by atoms with Crippen LogP contribution in [0.1, 0.15) is 35.4 Å². The predicted molar refractivity (Wildman–Crippen MR) is 84.8 cm³/mol. The number of aryl methyl sites for hydroxylation is 1. The van der Waals surface area contributed by atoms with Gasteiger partial charge in [-0.1, -0.05) is 24.3 Å². The van der Waals surface area contributed by atoms with Gasteiger partial charge in [0.25, 0.3) is 0 Å². The Bertz CT molecular complexity index is 614. The van der Waals surface area contributed by atoms with Crippen molar-refractivity contribution in [2.24, 2.45) is 0 Å². The number of hydrogen-bond acceptors (Lipinski definition) is 2. The van der Waals surface area contributed by atoms with Gasteiger partial charge in [-0.25, -0.2) is 0 Å². The van der Waals surface area contributed by atoms with Crippen LogP contribution in [0.15, 0.2) is 28.7 Å². The zero-order chi connectivity index (χ0) is 14.1. The summed E-state index contributed by atoms with van der Waals surface area (Å²) >= 11 is 3.58. The van der Waals surface area contributed by atoms with Crippen LogP contribution in [0.25, 0.3) is 0 Å². The smallest absolute Gasteiger partial charge is 0.0738 e. The molecule has 3 nitrogen and oxygen atoms in total. The van der Waals surface area contributed by atoms with E-state index in [0.717, 1.165) is 29.3 Å². The Morgan fingerprint density at radius 3 is 2.70 bits per heavy atom. The molecule has 0 aliphatic heterocycles. The summed E-state index contributed by atoms with van der Waals surface area (Å²) in [6.45, 7) is 5.93. The summed E-state index contributed by atoms with van der Waals surface area (Å²) in [7, 11) is 0. The molecule has 0 unspecified atom stereocenters. The molecule has 1 aliphatic carbocycles. The fraction of sp³-hybridized carbons (Fsp3) is 0.438. The van der Waals surface area contributed by atoms with Gasteiger partial charge in [0, 0.05) is 12.6 Å². The van der Waals surface area contributed by atoms with Crippen molar-refractivity contribution in [3.63, 3.8) is 0 Å². The molecular weight excluding hydrogens is 314 g/mol. The van der Waals surface area contributed by atoms with Gasteiger partial charge in [0.15, 0.2) is 0 Å². The number of nitrogens with one attached hydrogen (secondary N) is 1. The molecule has 4 heteroatoms. The maximum absolute atomic E-state index is 4.57. The molecule has 1 saturated carbocycles. The Hall–Kier alpha value is -1.13. The number of rotatable bonds is 5. The van der Waals surface area contributed by atoms with Gasteiger partial charge in [-0.15, -0.1) is 0 Å². The molecule has 0 atom stereocenters. The molecule has 0 saturated heterocycles. The zero-order valence-electron chi connectivity index (χ0n) is 12.0. The summed E-state index contributed by atoms with van der Waals surface area (Å²) in [5.74, 6) is 0. The molecule has 0 radical (unpaired) electrons. The van der Waals surface area contributed by atoms with E-state index in [2.05, 4.69) is 62.2 Å². The second-order valence-electron chi connectivity index (χ2n) is 5.62. The molecule has 1 aromatic heterocycles. The molecule has 0 bridgehead atoms. The number of halogens is 1. The van der Waals surface area contributed by atoms with Crippen LogP contribution in [-0.2, 0) is 13.1 Å². The highest BCUT2D eigenvalue weighted by atomic mass is 79.9. The monoisotopic (exact) mass is 333 g/mol. The number of nitrogens with zero attached hydrogens (tertiary/aromatic N) is 2. The third-order valence-electron chi connectivity index (χ3n) is 3.79. The van der Waals surface area contributed by atoms with E-state index >= 15 is 0 Å². The first-order chi connectivity index (χ1) is 9.63. The Balaban J connectivity index is 1.72. The van der Waals surface area contributed by atoms with Crippen molar-refractivity contribution in [1.29, 1.82) is 0 Å². The second kappa shape index (κ2) is 5.70. The highest BCUT2D eigenvalue weighted by molar-refractivity contribution is 9.10. The summed E-state index contributed by atoms with van der Waals surface area (Å²) in [4.78, 5) is 0. The van der Waals surface area contributed by atoms with Crippen molar-refractivity contribution in [2.45, 2.75) is 45.8 Å². The molecule has 1 fully saturated rings. The molecule has 20 heavy (non-hydrogen) atoms. The van der Waals surface area contributed by atoms with Gasteiger partial charge in [0.2, 0.25) is 0 Å². The number of hydrogen-bond donors (Lipinski definition) is 1. The van der Waals surface area contributed by atoms with Crippen molar-refractivity contribution in [3.8, 4) is 0 Å².